The number of rotatable bonds is 8. The van der Waals surface area contributed by atoms with Crippen LogP contribution in [0.15, 0.2) is 60.7 Å². The third kappa shape index (κ3) is 4.97. The lowest BCUT2D eigenvalue weighted by atomic mass is 10.2. The van der Waals surface area contributed by atoms with Crippen LogP contribution in [0.25, 0.3) is 0 Å². The smallest absolute Gasteiger partial charge is 0.404 e. The van der Waals surface area contributed by atoms with Crippen LogP contribution in [0.3, 0.4) is 0 Å². The molecule has 0 aliphatic rings. The molecule has 0 radical (unpaired) electrons. The van der Waals surface area contributed by atoms with Gasteiger partial charge < -0.3 is 20.0 Å². The van der Waals surface area contributed by atoms with Gasteiger partial charge in [0.25, 0.3) is 8.32 Å². The van der Waals surface area contributed by atoms with E-state index in [4.69, 9.17) is 9.53 Å². The first-order chi connectivity index (χ1) is 12.8. The first kappa shape index (κ1) is 21.2. The van der Waals surface area contributed by atoms with Gasteiger partial charge in [-0.05, 0) is 21.8 Å². The van der Waals surface area contributed by atoms with E-state index in [-0.39, 0.29) is 18.3 Å². The van der Waals surface area contributed by atoms with Gasteiger partial charge in [-0.15, -0.1) is 0 Å². The van der Waals surface area contributed by atoms with E-state index in [9.17, 15) is 9.90 Å². The Balaban J connectivity index is 2.50. The summed E-state index contributed by atoms with van der Waals surface area (Å²) in [4.78, 5) is 11.1. The molecule has 1 amide bonds. The summed E-state index contributed by atoms with van der Waals surface area (Å²) in [5, 5.41) is 23.0. The van der Waals surface area contributed by atoms with Crippen molar-refractivity contribution in [2.24, 2.45) is 0 Å². The lowest BCUT2D eigenvalue weighted by Gasteiger charge is -2.43. The van der Waals surface area contributed by atoms with Crippen LogP contribution in [0, 0.1) is 0 Å². The summed E-state index contributed by atoms with van der Waals surface area (Å²) in [5.74, 6) is 0. The molecule has 2 rings (SSSR count). The molecule has 0 aliphatic heterocycles. The molecule has 1 atom stereocenters. The van der Waals surface area contributed by atoms with Crippen molar-refractivity contribution in [3.8, 4) is 0 Å². The summed E-state index contributed by atoms with van der Waals surface area (Å²) < 4.78 is 6.68. The molecule has 5 nitrogen and oxygen atoms in total. The summed E-state index contributed by atoms with van der Waals surface area (Å²) in [6, 6.07) is 19.9. The molecule has 27 heavy (non-hydrogen) atoms. The minimum absolute atomic E-state index is 0.102. The van der Waals surface area contributed by atoms with Gasteiger partial charge in [0.2, 0.25) is 0 Å². The highest BCUT2D eigenvalue weighted by Crippen LogP contribution is 2.36. The number of benzene rings is 2. The maximum absolute atomic E-state index is 11.1. The van der Waals surface area contributed by atoms with E-state index in [2.05, 4.69) is 50.4 Å². The highest BCUT2D eigenvalue weighted by Gasteiger charge is 2.50. The third-order valence-corrected chi connectivity index (χ3v) is 9.73. The van der Waals surface area contributed by atoms with Crippen LogP contribution in [0.2, 0.25) is 5.04 Å². The molecular formula is C21H29NO4Si. The second kappa shape index (κ2) is 9.17. The normalized spacial score (nSPS) is 13.2. The minimum Gasteiger partial charge on any atom is -0.465 e. The average Bonchev–Trinajstić information content (AvgIpc) is 2.62. The molecule has 0 spiro atoms. The van der Waals surface area contributed by atoms with Crippen molar-refractivity contribution in [1.29, 1.82) is 0 Å². The maximum atomic E-state index is 11.1. The van der Waals surface area contributed by atoms with E-state index in [1.54, 1.807) is 0 Å². The van der Waals surface area contributed by atoms with E-state index in [1.807, 2.05) is 36.4 Å². The summed E-state index contributed by atoms with van der Waals surface area (Å²) >= 11 is 0. The molecule has 2 aromatic rings. The fraction of sp³-hybridized carbons (Fsp3) is 0.381. The first-order valence-electron chi connectivity index (χ1n) is 9.16. The second-order valence-corrected chi connectivity index (χ2v) is 11.9. The van der Waals surface area contributed by atoms with Crippen LogP contribution in [-0.2, 0) is 4.43 Å². The molecule has 0 saturated carbocycles. The summed E-state index contributed by atoms with van der Waals surface area (Å²) in [6.07, 6.45) is -0.802. The van der Waals surface area contributed by atoms with Gasteiger partial charge in [0.15, 0.2) is 0 Å². The highest BCUT2D eigenvalue weighted by molar-refractivity contribution is 6.99. The Kier molecular flexibility index (Phi) is 7.18. The second-order valence-electron chi connectivity index (χ2n) is 7.63. The molecular weight excluding hydrogens is 358 g/mol. The van der Waals surface area contributed by atoms with Gasteiger partial charge in [0.05, 0.1) is 12.6 Å². The van der Waals surface area contributed by atoms with Crippen molar-refractivity contribution < 1.29 is 19.4 Å². The minimum atomic E-state index is -2.71. The van der Waals surface area contributed by atoms with E-state index < -0.39 is 20.5 Å². The Labute approximate surface area is 162 Å². The van der Waals surface area contributed by atoms with E-state index in [0.29, 0.717) is 6.42 Å². The van der Waals surface area contributed by atoms with Crippen molar-refractivity contribution in [2.45, 2.75) is 38.3 Å². The molecule has 0 aromatic heterocycles. The lowest BCUT2D eigenvalue weighted by Crippen LogP contribution is -2.67. The third-order valence-electron chi connectivity index (χ3n) is 4.72. The van der Waals surface area contributed by atoms with Gasteiger partial charge >= 0.3 is 6.09 Å². The van der Waals surface area contributed by atoms with Gasteiger partial charge in [-0.3, -0.25) is 0 Å². The molecule has 0 unspecified atom stereocenters. The Morgan fingerprint density at radius 1 is 1.04 bits per heavy atom. The zero-order valence-corrected chi connectivity index (χ0v) is 17.2. The first-order valence-corrected chi connectivity index (χ1v) is 11.1. The SMILES string of the molecule is CC(C)(C)[Si](OC[C@H](CCO)NC(=O)O)(c1ccccc1)c1ccccc1. The standard InChI is InChI=1S/C21H29NO4Si/c1-21(2,3)27(18-10-6-4-7-11-18,19-12-8-5-9-13-19)26-16-17(14-15-23)22-20(24)25/h4-13,17,22-23H,14-16H2,1-3H3,(H,24,25)/t17-/m0/s1. The number of amides is 1. The molecule has 0 aliphatic carbocycles. The Morgan fingerprint density at radius 2 is 1.52 bits per heavy atom. The predicted octanol–water partition coefficient (Wildman–Crippen LogP) is 2.58. The van der Waals surface area contributed by atoms with Crippen LogP contribution < -0.4 is 15.7 Å². The fourth-order valence-electron chi connectivity index (χ4n) is 3.51. The van der Waals surface area contributed by atoms with E-state index >= 15 is 0 Å². The Morgan fingerprint density at radius 3 is 1.89 bits per heavy atom. The molecule has 0 heterocycles. The van der Waals surface area contributed by atoms with Crippen LogP contribution >= 0.6 is 0 Å². The van der Waals surface area contributed by atoms with Crippen molar-refractivity contribution >= 4 is 24.8 Å². The number of hydrogen-bond acceptors (Lipinski definition) is 3. The Hall–Kier alpha value is -2.15. The molecule has 0 bridgehead atoms. The van der Waals surface area contributed by atoms with E-state index in [0.717, 1.165) is 10.4 Å². The maximum Gasteiger partial charge on any atom is 0.404 e. The molecule has 2 aromatic carbocycles. The number of hydrogen-bond donors (Lipinski definition) is 3. The van der Waals surface area contributed by atoms with Gasteiger partial charge in [-0.1, -0.05) is 81.4 Å². The van der Waals surface area contributed by atoms with Crippen LogP contribution in [-0.4, -0.2) is 43.9 Å². The van der Waals surface area contributed by atoms with Gasteiger partial charge in [0, 0.05) is 6.61 Å². The highest BCUT2D eigenvalue weighted by atomic mass is 28.4. The number of carbonyl (C=O) groups is 1. The summed E-state index contributed by atoms with van der Waals surface area (Å²) in [5.41, 5.74) is 0. The topological polar surface area (TPSA) is 78.8 Å². The molecule has 6 heteroatoms. The van der Waals surface area contributed by atoms with Gasteiger partial charge in [0.1, 0.15) is 0 Å². The zero-order chi connectivity index (χ0) is 19.9. The number of nitrogens with one attached hydrogen (secondary N) is 1. The van der Waals surface area contributed by atoms with Crippen LogP contribution in [0.4, 0.5) is 4.79 Å². The fourth-order valence-corrected chi connectivity index (χ4v) is 8.12. The van der Waals surface area contributed by atoms with Crippen molar-refractivity contribution in [3.63, 3.8) is 0 Å². The molecule has 0 saturated heterocycles. The number of aliphatic hydroxyl groups excluding tert-OH is 1. The number of aliphatic hydroxyl groups is 1. The zero-order valence-electron chi connectivity index (χ0n) is 16.2. The molecule has 146 valence electrons. The van der Waals surface area contributed by atoms with Crippen molar-refractivity contribution in [3.05, 3.63) is 60.7 Å². The monoisotopic (exact) mass is 387 g/mol. The average molecular weight is 388 g/mol. The Bertz CT molecular complexity index is 676. The van der Waals surface area contributed by atoms with Gasteiger partial charge in [-0.25, -0.2) is 4.79 Å². The van der Waals surface area contributed by atoms with Crippen LogP contribution in [0.5, 0.6) is 0 Å². The number of carboxylic acid groups (broad SMARTS) is 1. The molecule has 3 N–H and O–H groups in total. The predicted molar refractivity (Wildman–Crippen MR) is 110 cm³/mol. The summed E-state index contributed by atoms with van der Waals surface area (Å²) in [7, 11) is -2.71. The van der Waals surface area contributed by atoms with Crippen LogP contribution in [0.1, 0.15) is 27.2 Å². The van der Waals surface area contributed by atoms with E-state index in [1.165, 1.54) is 0 Å². The quantitative estimate of drug-likeness (QED) is 0.609. The van der Waals surface area contributed by atoms with Crippen molar-refractivity contribution in [2.75, 3.05) is 13.2 Å². The largest absolute Gasteiger partial charge is 0.465 e. The summed E-state index contributed by atoms with van der Waals surface area (Å²) in [6.45, 7) is 6.62. The molecule has 0 fully saturated rings. The lowest BCUT2D eigenvalue weighted by molar-refractivity contribution is 0.169. The van der Waals surface area contributed by atoms with Gasteiger partial charge in [-0.2, -0.15) is 0 Å². The van der Waals surface area contributed by atoms with Crippen molar-refractivity contribution in [1.82, 2.24) is 5.32 Å².